The molecule has 9 nitrogen and oxygen atoms in total. The number of ether oxygens (including phenoxy) is 1. The van der Waals surface area contributed by atoms with E-state index in [9.17, 15) is 4.79 Å². The second-order valence-corrected chi connectivity index (χ2v) is 11.0. The Balaban J connectivity index is 1.41. The molecule has 0 bridgehead atoms. The molecule has 1 aromatic heterocycles. The van der Waals surface area contributed by atoms with Crippen LogP contribution in [0.5, 0.6) is 5.75 Å². The first-order chi connectivity index (χ1) is 18.4. The number of aryl methyl sites for hydroxylation is 1. The lowest BCUT2D eigenvalue weighted by molar-refractivity contribution is 0.0944. The van der Waals surface area contributed by atoms with Crippen LogP contribution in [0.4, 0.5) is 28.8 Å². The minimum absolute atomic E-state index is 0.0443. The molecule has 5 rings (SSSR count). The third-order valence-corrected chi connectivity index (χ3v) is 7.79. The highest BCUT2D eigenvalue weighted by Gasteiger charge is 2.23. The molecule has 0 unspecified atom stereocenters. The number of carbonyl (C=O) groups excluding carboxylic acids is 1. The first kappa shape index (κ1) is 26.1. The molecular weight excluding hydrogens is 498 g/mol. The van der Waals surface area contributed by atoms with E-state index in [2.05, 4.69) is 44.9 Å². The molecule has 0 saturated carbocycles. The number of anilines is 5. The summed E-state index contributed by atoms with van der Waals surface area (Å²) in [5, 5.41) is 9.78. The van der Waals surface area contributed by atoms with Crippen molar-refractivity contribution < 1.29 is 9.53 Å². The Morgan fingerprint density at radius 2 is 1.82 bits per heavy atom. The van der Waals surface area contributed by atoms with Crippen molar-refractivity contribution in [3.63, 3.8) is 0 Å². The van der Waals surface area contributed by atoms with E-state index in [1.807, 2.05) is 44.2 Å². The number of hydrogen-bond donors (Lipinski definition) is 3. The Hall–Kier alpha value is -3.50. The molecule has 0 spiro atoms. The second-order valence-electron chi connectivity index (χ2n) is 9.87. The van der Waals surface area contributed by atoms with Gasteiger partial charge in [0.25, 0.3) is 5.91 Å². The summed E-state index contributed by atoms with van der Waals surface area (Å²) in [7, 11) is 3.84. The average Bonchev–Trinajstić information content (AvgIpc) is 3.38. The quantitative estimate of drug-likeness (QED) is 0.387. The molecule has 3 heterocycles. The van der Waals surface area contributed by atoms with Crippen LogP contribution in [0.2, 0.25) is 0 Å². The Bertz CT molecular complexity index is 1310. The van der Waals surface area contributed by atoms with Gasteiger partial charge in [-0.15, -0.1) is 11.8 Å². The fourth-order valence-electron chi connectivity index (χ4n) is 4.63. The number of nitrogens with zero attached hydrogens (tertiary/aromatic N) is 4. The molecule has 2 aliphatic rings. The summed E-state index contributed by atoms with van der Waals surface area (Å²) in [6.45, 7) is 7.97. The highest BCUT2D eigenvalue weighted by atomic mass is 32.2. The molecule has 3 aromatic rings. The number of fused-ring (bicyclic) bond motifs is 1. The molecule has 2 aliphatic heterocycles. The maximum atomic E-state index is 12.8. The summed E-state index contributed by atoms with van der Waals surface area (Å²) in [5.41, 5.74) is 4.22. The van der Waals surface area contributed by atoms with Crippen molar-refractivity contribution in [2.45, 2.75) is 31.2 Å². The van der Waals surface area contributed by atoms with Gasteiger partial charge in [0.1, 0.15) is 11.6 Å². The van der Waals surface area contributed by atoms with Crippen molar-refractivity contribution >= 4 is 46.5 Å². The number of aromatic nitrogens is 2. The van der Waals surface area contributed by atoms with Gasteiger partial charge >= 0.3 is 0 Å². The van der Waals surface area contributed by atoms with E-state index in [4.69, 9.17) is 14.7 Å². The van der Waals surface area contributed by atoms with Crippen LogP contribution in [0.3, 0.4) is 0 Å². The Morgan fingerprint density at radius 1 is 1.03 bits per heavy atom. The van der Waals surface area contributed by atoms with E-state index < -0.39 is 0 Å². The van der Waals surface area contributed by atoms with Gasteiger partial charge in [0, 0.05) is 56.1 Å². The molecular formula is C28H35N7O2S. The summed E-state index contributed by atoms with van der Waals surface area (Å²) in [5.74, 6) is 2.75. The number of benzene rings is 2. The molecule has 3 N–H and O–H groups in total. The molecule has 0 aliphatic carbocycles. The molecule has 2 aromatic carbocycles. The van der Waals surface area contributed by atoms with E-state index in [0.717, 1.165) is 66.1 Å². The van der Waals surface area contributed by atoms with Crippen molar-refractivity contribution in [1.29, 1.82) is 0 Å². The van der Waals surface area contributed by atoms with Crippen molar-refractivity contribution in [3.05, 3.63) is 53.7 Å². The lowest BCUT2D eigenvalue weighted by atomic mass is 10.1. The largest absolute Gasteiger partial charge is 0.494 e. The van der Waals surface area contributed by atoms with E-state index in [1.165, 1.54) is 0 Å². The van der Waals surface area contributed by atoms with Gasteiger partial charge in [0.15, 0.2) is 0 Å². The third-order valence-electron chi connectivity index (χ3n) is 6.67. The van der Waals surface area contributed by atoms with Crippen molar-refractivity contribution in [2.75, 3.05) is 61.6 Å². The Morgan fingerprint density at radius 3 is 2.58 bits per heavy atom. The zero-order chi connectivity index (χ0) is 26.6. The fraction of sp³-hybridized carbons (Fsp3) is 0.393. The molecule has 1 fully saturated rings. The molecule has 200 valence electrons. The van der Waals surface area contributed by atoms with E-state index in [0.29, 0.717) is 23.0 Å². The number of piperazine rings is 1. The molecule has 1 amide bonds. The van der Waals surface area contributed by atoms with E-state index in [1.54, 1.807) is 18.9 Å². The van der Waals surface area contributed by atoms with Crippen LogP contribution in [0.25, 0.3) is 0 Å². The number of amides is 1. The maximum Gasteiger partial charge on any atom is 0.253 e. The summed E-state index contributed by atoms with van der Waals surface area (Å²) >= 11 is 1.73. The number of rotatable bonds is 8. The van der Waals surface area contributed by atoms with Crippen LogP contribution in [-0.2, 0) is 6.42 Å². The molecule has 38 heavy (non-hydrogen) atoms. The number of likely N-dealkylation sites (N-methyl/N-ethyl adjacent to an activating group) is 1. The molecule has 0 radical (unpaired) electrons. The fourth-order valence-corrected chi connectivity index (χ4v) is 5.68. The van der Waals surface area contributed by atoms with Crippen molar-refractivity contribution in [1.82, 2.24) is 20.2 Å². The summed E-state index contributed by atoms with van der Waals surface area (Å²) < 4.78 is 5.74. The molecule has 10 heteroatoms. The standard InChI is InChI=1S/C28H35N7O2S/c1-18(2)29-27(36)20-7-5-6-8-21(20)30-26-25-23(11-16-38-25)32-28(33-26)31-22-10-9-19(17-24(22)37-4)35-14-12-34(3)13-15-35/h5-10,17-18H,11-16H2,1-4H3,(H,29,36)(H2,30,31,32,33). The smallest absolute Gasteiger partial charge is 0.253 e. The minimum Gasteiger partial charge on any atom is -0.494 e. The average molecular weight is 534 g/mol. The van der Waals surface area contributed by atoms with Crippen LogP contribution in [0, 0.1) is 0 Å². The van der Waals surface area contributed by atoms with Crippen LogP contribution < -0.4 is 25.6 Å². The van der Waals surface area contributed by atoms with Crippen LogP contribution in [0.1, 0.15) is 29.9 Å². The predicted molar refractivity (Wildman–Crippen MR) is 155 cm³/mol. The maximum absolute atomic E-state index is 12.8. The zero-order valence-corrected chi connectivity index (χ0v) is 23.2. The minimum atomic E-state index is -0.120. The Kier molecular flexibility index (Phi) is 7.90. The first-order valence-corrected chi connectivity index (χ1v) is 14.0. The van der Waals surface area contributed by atoms with Gasteiger partial charge < -0.3 is 30.5 Å². The third kappa shape index (κ3) is 5.81. The van der Waals surface area contributed by atoms with Gasteiger partial charge in [-0.25, -0.2) is 4.98 Å². The zero-order valence-electron chi connectivity index (χ0n) is 22.4. The highest BCUT2D eigenvalue weighted by molar-refractivity contribution is 7.99. The predicted octanol–water partition coefficient (Wildman–Crippen LogP) is 4.51. The lowest BCUT2D eigenvalue weighted by Crippen LogP contribution is -2.44. The van der Waals surface area contributed by atoms with Crippen LogP contribution in [0.15, 0.2) is 47.4 Å². The van der Waals surface area contributed by atoms with E-state index >= 15 is 0 Å². The highest BCUT2D eigenvalue weighted by Crippen LogP contribution is 2.39. The number of methoxy groups -OCH3 is 1. The second kappa shape index (κ2) is 11.5. The van der Waals surface area contributed by atoms with E-state index in [-0.39, 0.29) is 11.9 Å². The summed E-state index contributed by atoms with van der Waals surface area (Å²) in [4.78, 5) is 28.2. The van der Waals surface area contributed by atoms with Gasteiger partial charge in [-0.3, -0.25) is 4.79 Å². The monoisotopic (exact) mass is 533 g/mol. The topological polar surface area (TPSA) is 94.7 Å². The molecule has 1 saturated heterocycles. The number of thioether (sulfide) groups is 1. The lowest BCUT2D eigenvalue weighted by Gasteiger charge is -2.34. The SMILES string of the molecule is COc1cc(N2CCN(C)CC2)ccc1Nc1nc2c(c(Nc3ccccc3C(=O)NC(C)C)n1)SCC2. The van der Waals surface area contributed by atoms with Crippen LogP contribution in [-0.4, -0.2) is 72.9 Å². The summed E-state index contributed by atoms with van der Waals surface area (Å²) in [6, 6.07) is 13.7. The number of hydrogen-bond acceptors (Lipinski definition) is 9. The molecule has 0 atom stereocenters. The van der Waals surface area contributed by atoms with Gasteiger partial charge in [-0.2, -0.15) is 4.98 Å². The summed E-state index contributed by atoms with van der Waals surface area (Å²) in [6.07, 6.45) is 0.862. The number of para-hydroxylation sites is 1. The normalized spacial score (nSPS) is 15.3. The number of nitrogens with one attached hydrogen (secondary N) is 3. The van der Waals surface area contributed by atoms with Crippen molar-refractivity contribution in [3.8, 4) is 5.75 Å². The van der Waals surface area contributed by atoms with Crippen molar-refractivity contribution in [2.24, 2.45) is 0 Å². The van der Waals surface area contributed by atoms with Gasteiger partial charge in [-0.1, -0.05) is 12.1 Å². The van der Waals surface area contributed by atoms with Gasteiger partial charge in [0.05, 0.1) is 34.6 Å². The Labute approximate surface area is 228 Å². The number of carbonyl (C=O) groups is 1. The van der Waals surface area contributed by atoms with Gasteiger partial charge in [-0.05, 0) is 45.2 Å². The van der Waals surface area contributed by atoms with Gasteiger partial charge in [0.2, 0.25) is 5.95 Å². The first-order valence-electron chi connectivity index (χ1n) is 13.0. The van der Waals surface area contributed by atoms with Crippen LogP contribution >= 0.6 is 11.8 Å².